The van der Waals surface area contributed by atoms with Crippen LogP contribution in [0.4, 0.5) is 4.79 Å². The Labute approximate surface area is 248 Å². The molecule has 2 rings (SSSR count). The number of phenolic OH excluding ortho intramolecular Hbond substituents is 1. The summed E-state index contributed by atoms with van der Waals surface area (Å²) in [5.74, 6) is -2.06. The van der Waals surface area contributed by atoms with Crippen LogP contribution in [0.1, 0.15) is 65.6 Å². The molecule has 0 aliphatic rings. The van der Waals surface area contributed by atoms with E-state index in [1.807, 2.05) is 30.3 Å². The van der Waals surface area contributed by atoms with E-state index in [0.29, 0.717) is 0 Å². The molecule has 2 aromatic carbocycles. The summed E-state index contributed by atoms with van der Waals surface area (Å²) >= 11 is 0. The Hall–Kier alpha value is -4.34. The minimum absolute atomic E-state index is 0.0807. The number of alkyl carbamates (subject to hydrolysis) is 1. The van der Waals surface area contributed by atoms with Gasteiger partial charge in [0, 0.05) is 13.0 Å². The number of phenols is 1. The summed E-state index contributed by atoms with van der Waals surface area (Å²) in [6.07, 6.45) is 0.782. The number of benzene rings is 2. The molecule has 2 aromatic rings. The van der Waals surface area contributed by atoms with Crippen molar-refractivity contribution in [2.24, 2.45) is 0 Å². The Bertz CT molecular complexity index is 1250. The fourth-order valence-corrected chi connectivity index (χ4v) is 4.09. The molecule has 0 bridgehead atoms. The van der Waals surface area contributed by atoms with E-state index in [-0.39, 0.29) is 24.3 Å². The van der Waals surface area contributed by atoms with Gasteiger partial charge in [-0.3, -0.25) is 9.59 Å². The Kier molecular flexibility index (Phi) is 11.7. The highest BCUT2D eigenvalue weighted by atomic mass is 16.6. The summed E-state index contributed by atoms with van der Waals surface area (Å²) in [4.78, 5) is 54.6. The molecule has 42 heavy (non-hydrogen) atoms. The summed E-state index contributed by atoms with van der Waals surface area (Å²) < 4.78 is 10.9. The number of amides is 3. The summed E-state index contributed by atoms with van der Waals surface area (Å²) in [6, 6.07) is 11.6. The molecular weight excluding hydrogens is 538 g/mol. The standard InChI is InChI=1S/C32H43N3O7/c1-9-18-35(28(38)21(2)33-30(40)42-32(6,7)8)26(23-16-13-17-24(36)20-23)27(37)34-25(29(39)41-31(3,4)5)19-22-14-11-10-12-15-22/h9-17,20-21,25-26,36H,1,18-19H2,2-8H3,(H,33,40)(H,34,37). The first-order chi connectivity index (χ1) is 19.5. The molecule has 0 spiro atoms. The normalized spacial score (nSPS) is 13.6. The lowest BCUT2D eigenvalue weighted by molar-refractivity contribution is -0.159. The predicted octanol–water partition coefficient (Wildman–Crippen LogP) is 4.43. The summed E-state index contributed by atoms with van der Waals surface area (Å²) in [7, 11) is 0. The lowest BCUT2D eigenvalue weighted by atomic mass is 10.0. The number of nitrogens with one attached hydrogen (secondary N) is 2. The van der Waals surface area contributed by atoms with Gasteiger partial charge < -0.3 is 30.1 Å². The smallest absolute Gasteiger partial charge is 0.408 e. The van der Waals surface area contributed by atoms with Crippen molar-refractivity contribution in [1.82, 2.24) is 15.5 Å². The molecule has 3 amide bonds. The van der Waals surface area contributed by atoms with E-state index < -0.39 is 53.2 Å². The number of carbonyl (C=O) groups excluding carboxylic acids is 4. The van der Waals surface area contributed by atoms with Crippen molar-refractivity contribution in [1.29, 1.82) is 0 Å². The fraction of sp³-hybridized carbons (Fsp3) is 0.438. The van der Waals surface area contributed by atoms with Crippen LogP contribution in [0.3, 0.4) is 0 Å². The second kappa shape index (κ2) is 14.5. The van der Waals surface area contributed by atoms with E-state index in [1.54, 1.807) is 53.7 Å². The van der Waals surface area contributed by atoms with Crippen LogP contribution in [0.15, 0.2) is 67.3 Å². The number of esters is 1. The van der Waals surface area contributed by atoms with E-state index in [4.69, 9.17) is 9.47 Å². The van der Waals surface area contributed by atoms with Crippen molar-refractivity contribution in [3.05, 3.63) is 78.4 Å². The number of aromatic hydroxyl groups is 1. The van der Waals surface area contributed by atoms with Gasteiger partial charge in [0.1, 0.15) is 35.1 Å². The number of rotatable bonds is 11. The van der Waals surface area contributed by atoms with Crippen LogP contribution in [0.2, 0.25) is 0 Å². The minimum Gasteiger partial charge on any atom is -0.508 e. The lowest BCUT2D eigenvalue weighted by Crippen LogP contribution is -2.54. The zero-order chi connectivity index (χ0) is 31.7. The number of carbonyl (C=O) groups is 4. The van der Waals surface area contributed by atoms with Crippen LogP contribution in [-0.4, -0.2) is 63.7 Å². The lowest BCUT2D eigenvalue weighted by Gasteiger charge is -2.34. The molecule has 3 N–H and O–H groups in total. The zero-order valence-electron chi connectivity index (χ0n) is 25.5. The summed E-state index contributed by atoms with van der Waals surface area (Å²) in [6.45, 7) is 15.4. The Morgan fingerprint density at radius 1 is 0.929 bits per heavy atom. The van der Waals surface area contributed by atoms with Gasteiger partial charge in [0.25, 0.3) is 0 Å². The van der Waals surface area contributed by atoms with E-state index >= 15 is 0 Å². The van der Waals surface area contributed by atoms with Crippen LogP contribution in [-0.2, 0) is 30.3 Å². The third kappa shape index (κ3) is 10.9. The molecule has 0 heterocycles. The van der Waals surface area contributed by atoms with Crippen molar-refractivity contribution >= 4 is 23.9 Å². The SMILES string of the molecule is C=CCN(C(=O)C(C)NC(=O)OC(C)(C)C)C(C(=O)NC(Cc1ccccc1)C(=O)OC(C)(C)C)c1cccc(O)c1. The van der Waals surface area contributed by atoms with Gasteiger partial charge in [0.05, 0.1) is 0 Å². The van der Waals surface area contributed by atoms with Gasteiger partial charge in [-0.2, -0.15) is 0 Å². The van der Waals surface area contributed by atoms with Gasteiger partial charge in [-0.1, -0.05) is 48.5 Å². The topological polar surface area (TPSA) is 134 Å². The van der Waals surface area contributed by atoms with E-state index in [0.717, 1.165) is 5.56 Å². The van der Waals surface area contributed by atoms with Crippen LogP contribution < -0.4 is 10.6 Å². The van der Waals surface area contributed by atoms with E-state index in [1.165, 1.54) is 30.0 Å². The molecule has 0 aliphatic carbocycles. The molecular formula is C32H43N3O7. The molecule has 10 nitrogen and oxygen atoms in total. The van der Waals surface area contributed by atoms with Crippen LogP contribution in [0, 0.1) is 0 Å². The number of hydrogen-bond acceptors (Lipinski definition) is 7. The van der Waals surface area contributed by atoms with Crippen molar-refractivity contribution in [2.75, 3.05) is 6.54 Å². The molecule has 228 valence electrons. The molecule has 10 heteroatoms. The molecule has 0 saturated carbocycles. The van der Waals surface area contributed by atoms with Crippen molar-refractivity contribution < 1.29 is 33.8 Å². The maximum absolute atomic E-state index is 14.0. The van der Waals surface area contributed by atoms with Crippen molar-refractivity contribution in [3.63, 3.8) is 0 Å². The van der Waals surface area contributed by atoms with Gasteiger partial charge in [-0.15, -0.1) is 6.58 Å². The largest absolute Gasteiger partial charge is 0.508 e. The minimum atomic E-state index is -1.30. The van der Waals surface area contributed by atoms with Crippen LogP contribution in [0.5, 0.6) is 5.75 Å². The third-order valence-electron chi connectivity index (χ3n) is 5.75. The van der Waals surface area contributed by atoms with Gasteiger partial charge in [-0.25, -0.2) is 9.59 Å². The second-order valence-corrected chi connectivity index (χ2v) is 11.9. The molecule has 0 aliphatic heterocycles. The highest BCUT2D eigenvalue weighted by molar-refractivity contribution is 5.94. The highest BCUT2D eigenvalue weighted by Crippen LogP contribution is 2.26. The maximum atomic E-state index is 14.0. The van der Waals surface area contributed by atoms with E-state index in [2.05, 4.69) is 17.2 Å². The Balaban J connectivity index is 2.48. The van der Waals surface area contributed by atoms with Crippen molar-refractivity contribution in [3.8, 4) is 5.75 Å². The predicted molar refractivity (Wildman–Crippen MR) is 160 cm³/mol. The third-order valence-corrected chi connectivity index (χ3v) is 5.75. The molecule has 3 atom stereocenters. The summed E-state index contributed by atoms with van der Waals surface area (Å²) in [5, 5.41) is 15.5. The Morgan fingerprint density at radius 2 is 1.55 bits per heavy atom. The first kappa shape index (κ1) is 33.9. The monoisotopic (exact) mass is 581 g/mol. The number of ether oxygens (including phenoxy) is 2. The average molecular weight is 582 g/mol. The first-order valence-electron chi connectivity index (χ1n) is 13.8. The summed E-state index contributed by atoms with van der Waals surface area (Å²) in [5.41, 5.74) is -0.520. The number of nitrogens with zero attached hydrogens (tertiary/aromatic N) is 1. The number of hydrogen-bond donors (Lipinski definition) is 3. The van der Waals surface area contributed by atoms with Crippen LogP contribution >= 0.6 is 0 Å². The molecule has 3 unspecified atom stereocenters. The van der Waals surface area contributed by atoms with Gasteiger partial charge in [0.15, 0.2) is 0 Å². The Morgan fingerprint density at radius 3 is 2.10 bits per heavy atom. The van der Waals surface area contributed by atoms with Gasteiger partial charge in [0.2, 0.25) is 11.8 Å². The van der Waals surface area contributed by atoms with Crippen molar-refractivity contribution in [2.45, 2.75) is 84.2 Å². The molecule has 0 radical (unpaired) electrons. The first-order valence-corrected chi connectivity index (χ1v) is 13.8. The molecule has 0 saturated heterocycles. The molecule has 0 aromatic heterocycles. The maximum Gasteiger partial charge on any atom is 0.408 e. The zero-order valence-corrected chi connectivity index (χ0v) is 25.5. The van der Waals surface area contributed by atoms with Crippen LogP contribution in [0.25, 0.3) is 0 Å². The fourth-order valence-electron chi connectivity index (χ4n) is 4.09. The molecule has 0 fully saturated rings. The second-order valence-electron chi connectivity index (χ2n) is 11.9. The van der Waals surface area contributed by atoms with E-state index in [9.17, 15) is 24.3 Å². The van der Waals surface area contributed by atoms with Gasteiger partial charge >= 0.3 is 12.1 Å². The van der Waals surface area contributed by atoms with Gasteiger partial charge in [-0.05, 0) is 71.7 Å². The highest BCUT2D eigenvalue weighted by Gasteiger charge is 2.37. The quantitative estimate of drug-likeness (QED) is 0.264. The average Bonchev–Trinajstić information content (AvgIpc) is 2.86.